The molecule has 37 heavy (non-hydrogen) atoms. The van der Waals surface area contributed by atoms with Gasteiger partial charge in [-0.1, -0.05) is 78.9 Å². The highest BCUT2D eigenvalue weighted by molar-refractivity contribution is 7.58. The molecule has 1 heterocycles. The van der Waals surface area contributed by atoms with Crippen LogP contribution >= 0.6 is 18.7 Å². The highest BCUT2D eigenvalue weighted by Gasteiger charge is 2.39. The first kappa shape index (κ1) is 24.9. The van der Waals surface area contributed by atoms with Gasteiger partial charge in [-0.3, -0.25) is 14.2 Å². The molecular weight excluding hydrogens is 503 g/mol. The summed E-state index contributed by atoms with van der Waals surface area (Å²) in [5.41, 5.74) is 0.287. The summed E-state index contributed by atoms with van der Waals surface area (Å²) in [6.45, 7) is 1.46. The Morgan fingerprint density at radius 2 is 1.57 bits per heavy atom. The topological polar surface area (TPSA) is 95.5 Å². The minimum Gasteiger partial charge on any atom is -0.347 e. The third-order valence-electron chi connectivity index (χ3n) is 6.15. The molecule has 0 aliphatic carbocycles. The summed E-state index contributed by atoms with van der Waals surface area (Å²) in [5.74, 6) is -1.03. The van der Waals surface area contributed by atoms with Crippen LogP contribution in [0, 0.1) is 0 Å². The van der Waals surface area contributed by atoms with E-state index in [1.54, 1.807) is 18.2 Å². The molecule has 186 valence electrons. The molecular formula is C29H25N2O4PS. The van der Waals surface area contributed by atoms with Gasteiger partial charge in [-0.15, -0.1) is 11.3 Å². The summed E-state index contributed by atoms with van der Waals surface area (Å²) in [6, 6.07) is 29.9. The highest BCUT2D eigenvalue weighted by Crippen LogP contribution is 2.56. The number of rotatable bonds is 7. The van der Waals surface area contributed by atoms with Crippen LogP contribution in [0.15, 0.2) is 97.1 Å². The van der Waals surface area contributed by atoms with Crippen LogP contribution in [0.2, 0.25) is 0 Å². The lowest BCUT2D eigenvalue weighted by Gasteiger charge is -2.21. The van der Waals surface area contributed by atoms with Crippen molar-refractivity contribution >= 4 is 57.1 Å². The molecule has 6 nitrogen and oxygen atoms in total. The van der Waals surface area contributed by atoms with Crippen LogP contribution in [-0.4, -0.2) is 23.4 Å². The summed E-state index contributed by atoms with van der Waals surface area (Å²) < 4.78 is 14.0. The fourth-order valence-electron chi connectivity index (χ4n) is 4.43. The Bertz CT molecular complexity index is 1660. The van der Waals surface area contributed by atoms with E-state index < -0.39 is 24.8 Å². The number of thiophene rings is 1. The maximum Gasteiger partial charge on any atom is 0.261 e. The number of benzene rings is 4. The first-order chi connectivity index (χ1) is 17.8. The second-order valence-electron chi connectivity index (χ2n) is 8.91. The first-order valence-corrected chi connectivity index (χ1v) is 14.7. The zero-order chi connectivity index (χ0) is 26.0. The molecule has 0 spiro atoms. The van der Waals surface area contributed by atoms with Gasteiger partial charge in [-0.05, 0) is 39.9 Å². The number of hydrogen-bond donors (Lipinski definition) is 3. The lowest BCUT2D eigenvalue weighted by atomic mass is 10.1. The van der Waals surface area contributed by atoms with Gasteiger partial charge in [0, 0.05) is 29.2 Å². The molecule has 0 saturated heterocycles. The van der Waals surface area contributed by atoms with E-state index in [1.807, 2.05) is 78.9 Å². The Balaban J connectivity index is 1.53. The van der Waals surface area contributed by atoms with Gasteiger partial charge in [0.1, 0.15) is 5.66 Å². The molecule has 0 saturated carbocycles. The van der Waals surface area contributed by atoms with Crippen molar-refractivity contribution in [1.82, 2.24) is 5.32 Å². The van der Waals surface area contributed by atoms with Crippen LogP contribution in [0.1, 0.15) is 26.5 Å². The monoisotopic (exact) mass is 528 g/mol. The molecule has 0 radical (unpaired) electrons. The molecule has 0 aliphatic rings. The van der Waals surface area contributed by atoms with Gasteiger partial charge >= 0.3 is 0 Å². The van der Waals surface area contributed by atoms with Crippen molar-refractivity contribution in [3.63, 3.8) is 0 Å². The largest absolute Gasteiger partial charge is 0.347 e. The predicted octanol–water partition coefficient (Wildman–Crippen LogP) is 6.56. The first-order valence-electron chi connectivity index (χ1n) is 11.7. The average molecular weight is 529 g/mol. The maximum absolute atomic E-state index is 13.6. The summed E-state index contributed by atoms with van der Waals surface area (Å²) in [4.78, 5) is 38.1. The normalized spacial score (nSPS) is 13.7. The van der Waals surface area contributed by atoms with Gasteiger partial charge in [0.05, 0.1) is 4.88 Å². The minimum atomic E-state index is -4.04. The van der Waals surface area contributed by atoms with Crippen LogP contribution in [0.3, 0.4) is 0 Å². The number of fused-ring (bicyclic) bond motifs is 2. The summed E-state index contributed by atoms with van der Waals surface area (Å²) >= 11 is 1.21. The van der Waals surface area contributed by atoms with Gasteiger partial charge in [-0.2, -0.15) is 0 Å². The van der Waals surface area contributed by atoms with Gasteiger partial charge in [0.15, 0.2) is 0 Å². The molecule has 2 unspecified atom stereocenters. The molecule has 0 fully saturated rings. The summed E-state index contributed by atoms with van der Waals surface area (Å²) in [5, 5.41) is 8.29. The lowest BCUT2D eigenvalue weighted by Crippen LogP contribution is -2.26. The molecule has 2 amide bonds. The second kappa shape index (κ2) is 10.3. The number of anilines is 1. The molecule has 5 rings (SSSR count). The maximum atomic E-state index is 13.6. The molecule has 4 aromatic carbocycles. The van der Waals surface area contributed by atoms with E-state index in [-0.39, 0.29) is 10.4 Å². The molecule has 2 atom stereocenters. The predicted molar refractivity (Wildman–Crippen MR) is 151 cm³/mol. The summed E-state index contributed by atoms with van der Waals surface area (Å²) in [6.07, 6.45) is 0. The SMILES string of the molecule is CP(=O)(O)C(C(=O)Nc1ccc2ccccc2c1)c1c(C(=O)NCc2ccccc2)sc2ccccc12. The fraction of sp³-hybridized carbons (Fsp3) is 0.103. The van der Waals surface area contributed by atoms with Crippen molar-refractivity contribution < 1.29 is 19.0 Å². The Hall–Kier alpha value is -3.77. The molecule has 0 aliphatic heterocycles. The smallest absolute Gasteiger partial charge is 0.261 e. The van der Waals surface area contributed by atoms with Crippen molar-refractivity contribution in [1.29, 1.82) is 0 Å². The van der Waals surface area contributed by atoms with E-state index in [4.69, 9.17) is 0 Å². The number of nitrogens with one attached hydrogen (secondary N) is 2. The molecule has 8 heteroatoms. The lowest BCUT2D eigenvalue weighted by molar-refractivity contribution is -0.116. The Morgan fingerprint density at radius 1 is 0.892 bits per heavy atom. The third kappa shape index (κ3) is 5.35. The van der Waals surface area contributed by atoms with Crippen molar-refractivity contribution in [3.8, 4) is 0 Å². The van der Waals surface area contributed by atoms with Gasteiger partial charge in [0.2, 0.25) is 13.3 Å². The van der Waals surface area contributed by atoms with Gasteiger partial charge in [-0.25, -0.2) is 0 Å². The van der Waals surface area contributed by atoms with Gasteiger partial charge in [0.25, 0.3) is 5.91 Å². The van der Waals surface area contributed by atoms with Gasteiger partial charge < -0.3 is 15.5 Å². The minimum absolute atomic E-state index is 0.256. The molecule has 1 aromatic heterocycles. The quantitative estimate of drug-likeness (QED) is 0.208. The molecule has 0 bridgehead atoms. The zero-order valence-electron chi connectivity index (χ0n) is 20.0. The van der Waals surface area contributed by atoms with Crippen LogP contribution < -0.4 is 10.6 Å². The van der Waals surface area contributed by atoms with E-state index in [9.17, 15) is 19.0 Å². The second-order valence-corrected chi connectivity index (χ2v) is 12.4. The van der Waals surface area contributed by atoms with Crippen LogP contribution in [-0.2, 0) is 15.9 Å². The van der Waals surface area contributed by atoms with Crippen molar-refractivity contribution in [2.45, 2.75) is 12.2 Å². The third-order valence-corrected chi connectivity index (χ3v) is 8.79. The van der Waals surface area contributed by atoms with E-state index in [2.05, 4.69) is 10.6 Å². The van der Waals surface area contributed by atoms with E-state index in [1.165, 1.54) is 11.3 Å². The Morgan fingerprint density at radius 3 is 2.32 bits per heavy atom. The highest BCUT2D eigenvalue weighted by atomic mass is 32.1. The number of hydrogen-bond acceptors (Lipinski definition) is 4. The van der Waals surface area contributed by atoms with Crippen LogP contribution in [0.25, 0.3) is 20.9 Å². The number of carbonyl (C=O) groups is 2. The van der Waals surface area contributed by atoms with E-state index in [0.29, 0.717) is 17.6 Å². The van der Waals surface area contributed by atoms with Crippen molar-refractivity contribution in [2.24, 2.45) is 0 Å². The van der Waals surface area contributed by atoms with Crippen LogP contribution in [0.5, 0.6) is 0 Å². The Kier molecular flexibility index (Phi) is 6.94. The van der Waals surface area contributed by atoms with E-state index >= 15 is 0 Å². The van der Waals surface area contributed by atoms with Crippen LogP contribution in [0.4, 0.5) is 5.69 Å². The van der Waals surface area contributed by atoms with Crippen molar-refractivity contribution in [3.05, 3.63) is 113 Å². The Labute approximate surface area is 218 Å². The average Bonchev–Trinajstić information content (AvgIpc) is 3.26. The summed E-state index contributed by atoms with van der Waals surface area (Å²) in [7, 11) is -4.04. The molecule has 5 aromatic rings. The molecule has 3 N–H and O–H groups in total. The van der Waals surface area contributed by atoms with Crippen molar-refractivity contribution in [2.75, 3.05) is 12.0 Å². The number of amides is 2. The fourth-order valence-corrected chi connectivity index (χ4v) is 6.92. The van der Waals surface area contributed by atoms with E-state index in [0.717, 1.165) is 27.7 Å². The zero-order valence-corrected chi connectivity index (χ0v) is 21.8. The standard InChI is InChI=1S/C29H25N2O4PS/c1-36(34,35)26(28(32)31-22-16-15-20-11-5-6-12-21(20)17-22)25-23-13-7-8-14-24(23)37-27(25)29(33)30-18-19-9-3-2-4-10-19/h2-17,26H,18H2,1H3,(H,30,33)(H,31,32)(H,34,35). The number of carbonyl (C=O) groups excluding carboxylic acids is 2.